The second-order valence-corrected chi connectivity index (χ2v) is 2.91. The maximum absolute atomic E-state index is 11.1. The quantitative estimate of drug-likeness (QED) is 0.385. The number of ether oxygens (including phenoxy) is 1. The minimum absolute atomic E-state index is 0.316. The summed E-state index contributed by atoms with van der Waals surface area (Å²) in [7, 11) is 0. The summed E-state index contributed by atoms with van der Waals surface area (Å²) in [5.41, 5.74) is 5.33. The largest absolute Gasteiger partial charge is 0.391 e. The topological polar surface area (TPSA) is 86.5 Å². The zero-order chi connectivity index (χ0) is 11.1. The summed E-state index contributed by atoms with van der Waals surface area (Å²) in [5.74, 6) is -2.47. The van der Waals surface area contributed by atoms with Crippen LogP contribution in [0.2, 0.25) is 0 Å². The van der Waals surface area contributed by atoms with Gasteiger partial charge in [-0.25, -0.2) is 4.79 Å². The second kappa shape index (κ2) is 6.26. The molecule has 14 heavy (non-hydrogen) atoms. The molecule has 0 heterocycles. The molecule has 0 aromatic carbocycles. The molecule has 2 N–H and O–H groups in total. The van der Waals surface area contributed by atoms with Gasteiger partial charge < -0.3 is 15.3 Å². The van der Waals surface area contributed by atoms with Gasteiger partial charge in [0.05, 0.1) is 0 Å². The van der Waals surface area contributed by atoms with Crippen molar-refractivity contribution in [1.29, 1.82) is 0 Å². The van der Waals surface area contributed by atoms with Crippen LogP contribution in [-0.2, 0) is 19.1 Å². The summed E-state index contributed by atoms with van der Waals surface area (Å²) in [6.07, 6.45) is 1.17. The Morgan fingerprint density at radius 3 is 2.21 bits per heavy atom. The molecule has 0 saturated carbocycles. The van der Waals surface area contributed by atoms with Gasteiger partial charge in [0.1, 0.15) is 18.2 Å². The third-order valence-electron chi connectivity index (χ3n) is 1.85. The minimum Gasteiger partial charge on any atom is -0.391 e. The fourth-order valence-electron chi connectivity index (χ4n) is 0.736. The molecule has 0 aliphatic heterocycles. The van der Waals surface area contributed by atoms with Crippen LogP contribution in [0.25, 0.3) is 0 Å². The number of carbonyl (C=O) groups is 3. The first kappa shape index (κ1) is 12.8. The highest BCUT2D eigenvalue weighted by molar-refractivity contribution is 5.95. The van der Waals surface area contributed by atoms with Crippen LogP contribution in [0.4, 0.5) is 0 Å². The summed E-state index contributed by atoms with van der Waals surface area (Å²) in [6.45, 7) is 3.36. The highest BCUT2D eigenvalue weighted by atomic mass is 16.6. The third-order valence-corrected chi connectivity index (χ3v) is 1.85. The fraction of sp³-hybridized carbons (Fsp3) is 0.667. The van der Waals surface area contributed by atoms with Crippen molar-refractivity contribution in [3.05, 3.63) is 0 Å². The Morgan fingerprint density at radius 2 is 1.86 bits per heavy atom. The lowest BCUT2D eigenvalue weighted by molar-refractivity contribution is -0.163. The standard InChI is InChI=1S/C9H15NO4/c1-3-6(5-11)8(12)14-9(13)7(10)4-2/h5-7H,3-4,10H2,1-2H3. The van der Waals surface area contributed by atoms with Gasteiger partial charge in [0.2, 0.25) is 0 Å². The lowest BCUT2D eigenvalue weighted by Crippen LogP contribution is -2.34. The van der Waals surface area contributed by atoms with Gasteiger partial charge in [0.25, 0.3) is 0 Å². The van der Waals surface area contributed by atoms with Gasteiger partial charge in [-0.05, 0) is 12.8 Å². The molecule has 0 saturated heterocycles. The molecule has 0 aromatic rings. The molecule has 0 aliphatic carbocycles. The maximum atomic E-state index is 11.1. The highest BCUT2D eigenvalue weighted by Gasteiger charge is 2.22. The van der Waals surface area contributed by atoms with E-state index < -0.39 is 23.9 Å². The fourth-order valence-corrected chi connectivity index (χ4v) is 0.736. The normalized spacial score (nSPS) is 14.2. The predicted octanol–water partition coefficient (Wildman–Crippen LogP) is 0.0186. The summed E-state index contributed by atoms with van der Waals surface area (Å²) in [6, 6.07) is -0.803. The first-order chi connectivity index (χ1) is 6.56. The van der Waals surface area contributed by atoms with E-state index in [0.29, 0.717) is 19.1 Å². The van der Waals surface area contributed by atoms with E-state index in [4.69, 9.17) is 5.73 Å². The molecule has 80 valence electrons. The summed E-state index contributed by atoms with van der Waals surface area (Å²) in [5, 5.41) is 0. The van der Waals surface area contributed by atoms with E-state index in [2.05, 4.69) is 4.74 Å². The van der Waals surface area contributed by atoms with Gasteiger partial charge in [-0.3, -0.25) is 4.79 Å². The molecule has 0 amide bonds. The molecule has 0 fully saturated rings. The summed E-state index contributed by atoms with van der Waals surface area (Å²) < 4.78 is 4.41. The molecule has 0 aliphatic rings. The monoisotopic (exact) mass is 201 g/mol. The van der Waals surface area contributed by atoms with Gasteiger partial charge in [-0.1, -0.05) is 13.8 Å². The van der Waals surface area contributed by atoms with Crippen molar-refractivity contribution in [3.63, 3.8) is 0 Å². The SMILES string of the molecule is CCC(N)C(=O)OC(=O)C(C=O)CC. The van der Waals surface area contributed by atoms with Crippen molar-refractivity contribution in [3.8, 4) is 0 Å². The van der Waals surface area contributed by atoms with Crippen LogP contribution in [0.1, 0.15) is 26.7 Å². The van der Waals surface area contributed by atoms with E-state index in [1.165, 1.54) is 0 Å². The Hall–Kier alpha value is -1.23. The van der Waals surface area contributed by atoms with Gasteiger partial charge >= 0.3 is 11.9 Å². The first-order valence-corrected chi connectivity index (χ1v) is 4.53. The third kappa shape index (κ3) is 3.66. The van der Waals surface area contributed by atoms with E-state index in [1.807, 2.05) is 0 Å². The molecular formula is C9H15NO4. The number of hydrogen-bond donors (Lipinski definition) is 1. The Bertz CT molecular complexity index is 227. The second-order valence-electron chi connectivity index (χ2n) is 2.91. The molecule has 0 rings (SSSR count). The van der Waals surface area contributed by atoms with Gasteiger partial charge in [-0.15, -0.1) is 0 Å². The zero-order valence-corrected chi connectivity index (χ0v) is 8.36. The highest BCUT2D eigenvalue weighted by Crippen LogP contribution is 2.03. The number of aldehydes is 1. The Balaban J connectivity index is 4.17. The van der Waals surface area contributed by atoms with Gasteiger partial charge in [0, 0.05) is 0 Å². The first-order valence-electron chi connectivity index (χ1n) is 4.53. The van der Waals surface area contributed by atoms with Crippen LogP contribution in [0.15, 0.2) is 0 Å². The smallest absolute Gasteiger partial charge is 0.330 e. The van der Waals surface area contributed by atoms with Crippen LogP contribution in [0.3, 0.4) is 0 Å². The van der Waals surface area contributed by atoms with Crippen molar-refractivity contribution in [1.82, 2.24) is 0 Å². The number of carbonyl (C=O) groups excluding carboxylic acids is 3. The summed E-state index contributed by atoms with van der Waals surface area (Å²) in [4.78, 5) is 32.5. The van der Waals surface area contributed by atoms with Crippen molar-refractivity contribution in [2.75, 3.05) is 0 Å². The Morgan fingerprint density at radius 1 is 1.29 bits per heavy atom. The van der Waals surface area contributed by atoms with E-state index in [-0.39, 0.29) is 0 Å². The predicted molar refractivity (Wildman–Crippen MR) is 49.2 cm³/mol. The van der Waals surface area contributed by atoms with Crippen LogP contribution in [0, 0.1) is 5.92 Å². The Kier molecular flexibility index (Phi) is 5.71. The number of nitrogens with two attached hydrogens (primary N) is 1. The number of hydrogen-bond acceptors (Lipinski definition) is 5. The van der Waals surface area contributed by atoms with Crippen molar-refractivity contribution >= 4 is 18.2 Å². The molecule has 2 atom stereocenters. The molecule has 0 spiro atoms. The Labute approximate surface area is 82.6 Å². The molecule has 0 bridgehead atoms. The lowest BCUT2D eigenvalue weighted by atomic mass is 10.1. The molecule has 0 aromatic heterocycles. The number of esters is 2. The molecule has 0 radical (unpaired) electrons. The van der Waals surface area contributed by atoms with Crippen molar-refractivity contribution in [2.45, 2.75) is 32.7 Å². The van der Waals surface area contributed by atoms with E-state index in [1.54, 1.807) is 13.8 Å². The van der Waals surface area contributed by atoms with Gasteiger partial charge in [0.15, 0.2) is 0 Å². The lowest BCUT2D eigenvalue weighted by Gasteiger charge is -2.09. The maximum Gasteiger partial charge on any atom is 0.330 e. The zero-order valence-electron chi connectivity index (χ0n) is 8.36. The molecule has 5 nitrogen and oxygen atoms in total. The number of rotatable bonds is 5. The van der Waals surface area contributed by atoms with Crippen molar-refractivity contribution in [2.24, 2.45) is 11.7 Å². The van der Waals surface area contributed by atoms with Crippen LogP contribution in [0.5, 0.6) is 0 Å². The van der Waals surface area contributed by atoms with Crippen molar-refractivity contribution < 1.29 is 19.1 Å². The minimum atomic E-state index is -0.872. The van der Waals surface area contributed by atoms with E-state index >= 15 is 0 Å². The average Bonchev–Trinajstić information content (AvgIpc) is 2.18. The van der Waals surface area contributed by atoms with E-state index in [0.717, 1.165) is 0 Å². The van der Waals surface area contributed by atoms with E-state index in [9.17, 15) is 14.4 Å². The van der Waals surface area contributed by atoms with Gasteiger partial charge in [-0.2, -0.15) is 0 Å². The molecule has 5 heteroatoms. The van der Waals surface area contributed by atoms with Crippen LogP contribution in [-0.4, -0.2) is 24.3 Å². The molecule has 2 unspecified atom stereocenters. The van der Waals surface area contributed by atoms with Crippen LogP contribution < -0.4 is 5.73 Å². The molecular weight excluding hydrogens is 186 g/mol. The van der Waals surface area contributed by atoms with Crippen LogP contribution >= 0.6 is 0 Å². The summed E-state index contributed by atoms with van der Waals surface area (Å²) >= 11 is 0. The average molecular weight is 201 g/mol.